The van der Waals surface area contributed by atoms with Crippen LogP contribution in [0.15, 0.2) is 64.6 Å². The molecule has 0 radical (unpaired) electrons. The summed E-state index contributed by atoms with van der Waals surface area (Å²) in [5.74, 6) is 3.32. The average molecular weight is 565 g/mol. The molecule has 8 nitrogen and oxygen atoms in total. The van der Waals surface area contributed by atoms with Gasteiger partial charge in [0.15, 0.2) is 0 Å². The van der Waals surface area contributed by atoms with Gasteiger partial charge in [-0.25, -0.2) is 4.98 Å². The fourth-order valence-corrected chi connectivity index (χ4v) is 8.87. The Morgan fingerprint density at radius 1 is 0.857 bits per heavy atom. The van der Waals surface area contributed by atoms with Crippen molar-refractivity contribution in [2.24, 2.45) is 9.98 Å². The molecule has 2 unspecified atom stereocenters. The number of aryl methyl sites for hydroxylation is 1. The van der Waals surface area contributed by atoms with E-state index in [0.29, 0.717) is 18.1 Å². The summed E-state index contributed by atoms with van der Waals surface area (Å²) in [5, 5.41) is 3.46. The van der Waals surface area contributed by atoms with E-state index in [1.165, 1.54) is 68.4 Å². The van der Waals surface area contributed by atoms with Crippen molar-refractivity contribution in [1.29, 1.82) is 0 Å². The van der Waals surface area contributed by atoms with E-state index in [1.807, 2.05) is 0 Å². The van der Waals surface area contributed by atoms with Crippen molar-refractivity contribution in [3.05, 3.63) is 66.0 Å². The number of rotatable bonds is 5. The molecule has 8 rings (SSSR count). The number of piperidine rings is 2. The molecule has 0 spiro atoms. The fraction of sp³-hybridized carbons (Fsp3) is 0.559. The summed E-state index contributed by atoms with van der Waals surface area (Å²) >= 11 is 0. The summed E-state index contributed by atoms with van der Waals surface area (Å²) in [4.78, 5) is 22.3. The van der Waals surface area contributed by atoms with Gasteiger partial charge < -0.3 is 14.8 Å². The van der Waals surface area contributed by atoms with Crippen LogP contribution in [0.4, 0.5) is 0 Å². The number of likely N-dealkylation sites (tertiary alicyclic amines) is 1. The Morgan fingerprint density at radius 2 is 1.62 bits per heavy atom. The molecular formula is C34H44N8. The zero-order valence-electron chi connectivity index (χ0n) is 25.0. The van der Waals surface area contributed by atoms with Crippen LogP contribution in [-0.4, -0.2) is 94.1 Å². The molecule has 3 saturated heterocycles. The van der Waals surface area contributed by atoms with Crippen molar-refractivity contribution in [3.63, 3.8) is 0 Å². The van der Waals surface area contributed by atoms with Gasteiger partial charge in [0.25, 0.3) is 0 Å². The van der Waals surface area contributed by atoms with E-state index in [0.717, 1.165) is 56.7 Å². The molecule has 2 atom stereocenters. The summed E-state index contributed by atoms with van der Waals surface area (Å²) in [6.07, 6.45) is 8.76. The Hall–Kier alpha value is -3.39. The predicted octanol–water partition coefficient (Wildman–Crippen LogP) is 4.57. The first kappa shape index (κ1) is 26.3. The van der Waals surface area contributed by atoms with Crippen molar-refractivity contribution in [2.45, 2.75) is 75.4 Å². The minimum atomic E-state index is 0.221. The van der Waals surface area contributed by atoms with Gasteiger partial charge in [0.1, 0.15) is 5.82 Å². The monoisotopic (exact) mass is 564 g/mol. The first-order valence-corrected chi connectivity index (χ1v) is 16.3. The van der Waals surface area contributed by atoms with Gasteiger partial charge in [-0.1, -0.05) is 42.5 Å². The van der Waals surface area contributed by atoms with Gasteiger partial charge in [-0.15, -0.1) is 0 Å². The molecule has 5 aliphatic rings. The molecule has 3 fully saturated rings. The Balaban J connectivity index is 0.976. The summed E-state index contributed by atoms with van der Waals surface area (Å²) in [6, 6.07) is 22.0. The lowest BCUT2D eigenvalue weighted by atomic mass is 9.70. The van der Waals surface area contributed by atoms with Gasteiger partial charge in [-0.05, 0) is 81.5 Å². The van der Waals surface area contributed by atoms with E-state index in [2.05, 4.69) is 86.1 Å². The van der Waals surface area contributed by atoms with Gasteiger partial charge >= 0.3 is 0 Å². The quantitative estimate of drug-likeness (QED) is 0.492. The van der Waals surface area contributed by atoms with Gasteiger partial charge in [0.2, 0.25) is 11.9 Å². The first-order chi connectivity index (χ1) is 20.7. The highest BCUT2D eigenvalue weighted by molar-refractivity contribution is 6.00. The van der Waals surface area contributed by atoms with Gasteiger partial charge in [-0.3, -0.25) is 19.8 Å². The summed E-state index contributed by atoms with van der Waals surface area (Å²) in [6.45, 7) is 9.12. The topological polar surface area (TPSA) is 64.3 Å². The van der Waals surface area contributed by atoms with Crippen LogP contribution in [0, 0.1) is 6.92 Å². The average Bonchev–Trinajstić information content (AvgIpc) is 3.82. The molecule has 42 heavy (non-hydrogen) atoms. The summed E-state index contributed by atoms with van der Waals surface area (Å²) < 4.78 is 2.56. The third-order valence-electron chi connectivity index (χ3n) is 11.0. The third-order valence-corrected chi connectivity index (χ3v) is 11.0. The van der Waals surface area contributed by atoms with E-state index >= 15 is 0 Å². The smallest absolute Gasteiger partial charge is 0.203 e. The number of benzene rings is 2. The summed E-state index contributed by atoms with van der Waals surface area (Å²) in [5.41, 5.74) is 4.20. The third kappa shape index (κ3) is 4.50. The molecule has 6 heterocycles. The normalized spacial score (nSPS) is 27.4. The van der Waals surface area contributed by atoms with Crippen LogP contribution in [0.3, 0.4) is 0 Å². The minimum Gasteiger partial charge on any atom is -0.354 e. The Labute approximate surface area is 249 Å². The molecule has 1 aromatic heterocycles. The fourth-order valence-electron chi connectivity index (χ4n) is 8.87. The Kier molecular flexibility index (Phi) is 6.69. The molecule has 0 saturated carbocycles. The number of aromatic nitrogens is 2. The predicted molar refractivity (Wildman–Crippen MR) is 169 cm³/mol. The SMILES string of the molecule is Cc1nc2ccccc2n1C1CC2CCC(C1)N2CCC1(c2ccccc2)CCN(C2=NCCN2C2=NCCN2)CC1. The highest BCUT2D eigenvalue weighted by atomic mass is 15.5. The molecule has 3 aromatic rings. The molecule has 2 aromatic carbocycles. The zero-order valence-corrected chi connectivity index (χ0v) is 25.0. The number of imidazole rings is 1. The van der Waals surface area contributed by atoms with Gasteiger partial charge in [0.05, 0.1) is 24.1 Å². The Bertz CT molecular complexity index is 1470. The Morgan fingerprint density at radius 3 is 2.38 bits per heavy atom. The molecule has 2 bridgehead atoms. The number of fused-ring (bicyclic) bond motifs is 3. The van der Waals surface area contributed by atoms with Crippen LogP contribution in [0.1, 0.15) is 62.4 Å². The van der Waals surface area contributed by atoms with Crippen LogP contribution in [-0.2, 0) is 5.41 Å². The lowest BCUT2D eigenvalue weighted by Crippen LogP contribution is -2.53. The van der Waals surface area contributed by atoms with Crippen molar-refractivity contribution in [1.82, 2.24) is 29.6 Å². The van der Waals surface area contributed by atoms with E-state index in [1.54, 1.807) is 0 Å². The minimum absolute atomic E-state index is 0.221. The zero-order chi connectivity index (χ0) is 28.1. The lowest BCUT2D eigenvalue weighted by molar-refractivity contribution is 0.0884. The lowest BCUT2D eigenvalue weighted by Gasteiger charge is -2.46. The number of hydrogen-bond acceptors (Lipinski definition) is 7. The maximum Gasteiger partial charge on any atom is 0.203 e. The van der Waals surface area contributed by atoms with E-state index in [-0.39, 0.29) is 5.41 Å². The van der Waals surface area contributed by atoms with Crippen LogP contribution >= 0.6 is 0 Å². The van der Waals surface area contributed by atoms with Crippen molar-refractivity contribution in [3.8, 4) is 0 Å². The first-order valence-electron chi connectivity index (χ1n) is 16.3. The second kappa shape index (κ2) is 10.7. The number of hydrogen-bond donors (Lipinski definition) is 1. The van der Waals surface area contributed by atoms with Crippen molar-refractivity contribution < 1.29 is 0 Å². The van der Waals surface area contributed by atoms with Crippen molar-refractivity contribution >= 4 is 23.0 Å². The summed E-state index contributed by atoms with van der Waals surface area (Å²) in [7, 11) is 0. The number of aliphatic imine (C=N–C) groups is 2. The van der Waals surface area contributed by atoms with Crippen LogP contribution < -0.4 is 5.32 Å². The molecule has 0 aliphatic carbocycles. The molecule has 5 aliphatic heterocycles. The number of guanidine groups is 2. The van der Waals surface area contributed by atoms with Crippen molar-refractivity contribution in [2.75, 3.05) is 45.8 Å². The standard InChI is InChI=1S/C34H44N8/c1-25-38-30-9-5-6-10-31(30)42(25)29-23-27-11-12-28(24-29)40(27)21-15-34(26-7-3-2-4-8-26)13-19-39(20-14-34)33-37-18-22-41(33)32-35-16-17-36-32/h2-10,27-29H,11-24H2,1H3,(H,35,36). The van der Waals surface area contributed by atoms with E-state index < -0.39 is 0 Å². The highest BCUT2D eigenvalue weighted by Crippen LogP contribution is 2.45. The second-order valence-corrected chi connectivity index (χ2v) is 13.1. The maximum atomic E-state index is 4.94. The van der Waals surface area contributed by atoms with Gasteiger partial charge in [0, 0.05) is 44.3 Å². The van der Waals surface area contributed by atoms with Crippen LogP contribution in [0.2, 0.25) is 0 Å². The maximum absolute atomic E-state index is 4.94. The van der Waals surface area contributed by atoms with Crippen LogP contribution in [0.5, 0.6) is 0 Å². The van der Waals surface area contributed by atoms with E-state index in [4.69, 9.17) is 15.0 Å². The van der Waals surface area contributed by atoms with Gasteiger partial charge in [-0.2, -0.15) is 0 Å². The molecule has 8 heteroatoms. The van der Waals surface area contributed by atoms with E-state index in [9.17, 15) is 0 Å². The highest BCUT2D eigenvalue weighted by Gasteiger charge is 2.44. The molecule has 0 amide bonds. The van der Waals surface area contributed by atoms with Crippen LogP contribution in [0.25, 0.3) is 11.0 Å². The number of para-hydroxylation sites is 2. The number of nitrogens with zero attached hydrogens (tertiary/aromatic N) is 7. The second-order valence-electron chi connectivity index (χ2n) is 13.1. The number of nitrogens with one attached hydrogen (secondary N) is 1. The molecule has 220 valence electrons. The molecule has 1 N–H and O–H groups in total. The molecular weight excluding hydrogens is 520 g/mol. The largest absolute Gasteiger partial charge is 0.354 e.